The van der Waals surface area contributed by atoms with Crippen molar-refractivity contribution in [3.05, 3.63) is 129 Å². The van der Waals surface area contributed by atoms with Gasteiger partial charge in [0.1, 0.15) is 5.70 Å². The Morgan fingerprint density at radius 1 is 0.805 bits per heavy atom. The molecule has 208 valence electrons. The van der Waals surface area contributed by atoms with Crippen LogP contribution in [0.4, 0.5) is 11.4 Å². The summed E-state index contributed by atoms with van der Waals surface area (Å²) in [6.45, 7) is 3.69. The summed E-state index contributed by atoms with van der Waals surface area (Å²) >= 11 is 13.6. The second-order valence-corrected chi connectivity index (χ2v) is 11.4. The summed E-state index contributed by atoms with van der Waals surface area (Å²) < 4.78 is 0. The van der Waals surface area contributed by atoms with E-state index in [-0.39, 0.29) is 11.6 Å². The summed E-state index contributed by atoms with van der Waals surface area (Å²) in [6, 6.07) is 28.1. The van der Waals surface area contributed by atoms with Crippen LogP contribution in [0.3, 0.4) is 0 Å². The largest absolute Gasteiger partial charge is 0.325 e. The number of carbonyl (C=O) groups is 3. The van der Waals surface area contributed by atoms with Gasteiger partial charge in [-0.1, -0.05) is 65.7 Å². The Morgan fingerprint density at radius 3 is 2.27 bits per heavy atom. The molecule has 0 aliphatic carbocycles. The van der Waals surface area contributed by atoms with Gasteiger partial charge >= 0.3 is 0 Å². The number of hydrogen-bond acceptors (Lipinski definition) is 4. The van der Waals surface area contributed by atoms with E-state index < -0.39 is 17.1 Å². The number of nitrogens with one attached hydrogen (secondary N) is 3. The molecule has 0 aliphatic rings. The van der Waals surface area contributed by atoms with Crippen LogP contribution in [0.15, 0.2) is 108 Å². The van der Waals surface area contributed by atoms with Crippen molar-refractivity contribution in [2.75, 3.05) is 10.6 Å². The smallest absolute Gasteiger partial charge is 0.272 e. The van der Waals surface area contributed by atoms with Gasteiger partial charge in [0.2, 0.25) is 5.91 Å². The van der Waals surface area contributed by atoms with E-state index in [4.69, 9.17) is 23.2 Å². The van der Waals surface area contributed by atoms with Crippen molar-refractivity contribution < 1.29 is 14.4 Å². The Labute approximate surface area is 253 Å². The fourth-order valence-electron chi connectivity index (χ4n) is 3.72. The summed E-state index contributed by atoms with van der Waals surface area (Å²) in [5.74, 6) is -1.12. The summed E-state index contributed by atoms with van der Waals surface area (Å²) in [5.41, 5.74) is 3.16. The summed E-state index contributed by atoms with van der Waals surface area (Å²) in [6.07, 6.45) is 1.56. The molecule has 1 atom stereocenters. The molecule has 9 heteroatoms. The van der Waals surface area contributed by atoms with Crippen molar-refractivity contribution in [1.82, 2.24) is 5.32 Å². The Balaban J connectivity index is 1.47. The minimum atomic E-state index is -0.515. The first-order valence-corrected chi connectivity index (χ1v) is 14.3. The van der Waals surface area contributed by atoms with Gasteiger partial charge < -0.3 is 16.0 Å². The molecule has 0 saturated heterocycles. The molecule has 0 bridgehead atoms. The molecule has 0 saturated carbocycles. The van der Waals surface area contributed by atoms with Crippen LogP contribution in [0.1, 0.15) is 28.4 Å². The summed E-state index contributed by atoms with van der Waals surface area (Å²) in [7, 11) is 0. The summed E-state index contributed by atoms with van der Waals surface area (Å²) in [4.78, 5) is 39.8. The zero-order valence-corrected chi connectivity index (χ0v) is 24.6. The Hall–Kier alpha value is -4.04. The van der Waals surface area contributed by atoms with E-state index in [1.165, 1.54) is 11.8 Å². The molecule has 41 heavy (non-hydrogen) atoms. The molecule has 6 nitrogen and oxygen atoms in total. The molecule has 0 heterocycles. The second-order valence-electron chi connectivity index (χ2n) is 9.13. The maximum atomic E-state index is 13.4. The predicted molar refractivity (Wildman–Crippen MR) is 169 cm³/mol. The van der Waals surface area contributed by atoms with Crippen LogP contribution in [0.25, 0.3) is 6.08 Å². The monoisotopic (exact) mass is 603 g/mol. The number of halogens is 2. The van der Waals surface area contributed by atoms with E-state index in [1.807, 2.05) is 19.1 Å². The third kappa shape index (κ3) is 8.72. The van der Waals surface area contributed by atoms with Crippen LogP contribution in [-0.4, -0.2) is 23.0 Å². The molecule has 0 radical (unpaired) electrons. The van der Waals surface area contributed by atoms with Crippen molar-refractivity contribution in [2.24, 2.45) is 0 Å². The van der Waals surface area contributed by atoms with Gasteiger partial charge in [0, 0.05) is 31.9 Å². The fourth-order valence-corrected chi connectivity index (χ4v) is 5.03. The fraction of sp³-hybridized carbons (Fsp3) is 0.0938. The topological polar surface area (TPSA) is 87.3 Å². The SMILES string of the molecule is Cc1ccc(NC(=O)C(C)Sc2cccc(NC(=O)/C(=C/c3cccc(Cl)c3)NC(=O)c3ccccc3)c2)cc1Cl. The number of carbonyl (C=O) groups excluding carboxylic acids is 3. The maximum Gasteiger partial charge on any atom is 0.272 e. The number of benzene rings is 4. The highest BCUT2D eigenvalue weighted by atomic mass is 35.5. The van der Waals surface area contributed by atoms with Gasteiger partial charge in [0.05, 0.1) is 5.25 Å². The lowest BCUT2D eigenvalue weighted by Crippen LogP contribution is -2.30. The molecule has 4 rings (SSSR count). The Bertz CT molecular complexity index is 1610. The Morgan fingerprint density at radius 2 is 1.54 bits per heavy atom. The third-order valence-corrected chi connectivity index (χ3v) is 7.64. The zero-order valence-electron chi connectivity index (χ0n) is 22.3. The van der Waals surface area contributed by atoms with Crippen molar-refractivity contribution in [1.29, 1.82) is 0 Å². The average molecular weight is 605 g/mol. The van der Waals surface area contributed by atoms with Crippen molar-refractivity contribution in [3.8, 4) is 0 Å². The van der Waals surface area contributed by atoms with E-state index in [0.29, 0.717) is 32.5 Å². The van der Waals surface area contributed by atoms with Gasteiger partial charge in [-0.3, -0.25) is 14.4 Å². The average Bonchev–Trinajstić information content (AvgIpc) is 2.95. The highest BCUT2D eigenvalue weighted by Crippen LogP contribution is 2.28. The van der Waals surface area contributed by atoms with Crippen LogP contribution in [0, 0.1) is 6.92 Å². The number of anilines is 2. The van der Waals surface area contributed by atoms with E-state index in [0.717, 1.165) is 10.5 Å². The highest BCUT2D eigenvalue weighted by molar-refractivity contribution is 8.00. The predicted octanol–water partition coefficient (Wildman–Crippen LogP) is 7.83. The molecule has 0 fully saturated rings. The lowest BCUT2D eigenvalue weighted by molar-refractivity contribution is -0.115. The lowest BCUT2D eigenvalue weighted by Gasteiger charge is -2.14. The molecule has 0 aliphatic heterocycles. The van der Waals surface area contributed by atoms with Gasteiger partial charge in [-0.15, -0.1) is 11.8 Å². The number of aryl methyl sites for hydroxylation is 1. The molecule has 4 aromatic carbocycles. The molecule has 3 amide bonds. The minimum absolute atomic E-state index is 0.0451. The number of amides is 3. The van der Waals surface area contributed by atoms with Crippen LogP contribution in [0.5, 0.6) is 0 Å². The lowest BCUT2D eigenvalue weighted by atomic mass is 10.1. The molecule has 3 N–H and O–H groups in total. The van der Waals surface area contributed by atoms with E-state index >= 15 is 0 Å². The minimum Gasteiger partial charge on any atom is -0.325 e. The van der Waals surface area contributed by atoms with Crippen LogP contribution < -0.4 is 16.0 Å². The molecule has 4 aromatic rings. The van der Waals surface area contributed by atoms with Crippen LogP contribution in [-0.2, 0) is 9.59 Å². The summed E-state index contributed by atoms with van der Waals surface area (Å²) in [5, 5.41) is 9.09. The second kappa shape index (κ2) is 14.0. The van der Waals surface area contributed by atoms with Crippen molar-refractivity contribution in [3.63, 3.8) is 0 Å². The first kappa shape index (κ1) is 29.9. The number of hydrogen-bond donors (Lipinski definition) is 3. The Kier molecular flexibility index (Phi) is 10.2. The normalized spacial score (nSPS) is 11.9. The van der Waals surface area contributed by atoms with Gasteiger partial charge in [-0.2, -0.15) is 0 Å². The number of thioether (sulfide) groups is 1. The molecule has 0 spiro atoms. The third-order valence-electron chi connectivity index (χ3n) is 5.90. The van der Waals surface area contributed by atoms with Crippen molar-refractivity contribution >= 4 is 70.1 Å². The van der Waals surface area contributed by atoms with E-state index in [2.05, 4.69) is 16.0 Å². The first-order chi connectivity index (χ1) is 19.7. The number of rotatable bonds is 9. The molecule has 0 aromatic heterocycles. The molecular weight excluding hydrogens is 577 g/mol. The van der Waals surface area contributed by atoms with Crippen molar-refractivity contribution in [2.45, 2.75) is 24.0 Å². The van der Waals surface area contributed by atoms with Crippen LogP contribution in [0.2, 0.25) is 10.0 Å². The maximum absolute atomic E-state index is 13.4. The van der Waals surface area contributed by atoms with Gasteiger partial charge in [-0.25, -0.2) is 0 Å². The van der Waals surface area contributed by atoms with Gasteiger partial charge in [0.15, 0.2) is 0 Å². The molecular formula is C32H27Cl2N3O3S. The van der Waals surface area contributed by atoms with Crippen LogP contribution >= 0.6 is 35.0 Å². The van der Waals surface area contributed by atoms with E-state index in [9.17, 15) is 14.4 Å². The van der Waals surface area contributed by atoms with E-state index in [1.54, 1.807) is 97.9 Å². The zero-order chi connectivity index (χ0) is 29.4. The highest BCUT2D eigenvalue weighted by Gasteiger charge is 2.18. The first-order valence-electron chi connectivity index (χ1n) is 12.7. The van der Waals surface area contributed by atoms with Gasteiger partial charge in [-0.05, 0) is 85.6 Å². The standard InChI is InChI=1S/C32H27Cl2N3O3S/c1-20-14-15-26(19-28(20)34)35-30(38)21(2)41-27-13-7-12-25(18-27)36-32(40)29(17-22-8-6-11-24(33)16-22)37-31(39)23-9-4-3-5-10-23/h3-19,21H,1-2H3,(H,35,38)(H,36,40)(H,37,39)/b29-17-. The quantitative estimate of drug-likeness (QED) is 0.134. The van der Waals surface area contributed by atoms with Gasteiger partial charge in [0.25, 0.3) is 11.8 Å². The molecule has 1 unspecified atom stereocenters.